The average molecular weight is 269 g/mol. The van der Waals surface area contributed by atoms with Gasteiger partial charge in [0.1, 0.15) is 0 Å². The van der Waals surface area contributed by atoms with E-state index in [2.05, 4.69) is 24.1 Å². The lowest BCUT2D eigenvalue weighted by Gasteiger charge is -2.34. The molecule has 0 radical (unpaired) electrons. The van der Waals surface area contributed by atoms with Crippen LogP contribution in [0.4, 0.5) is 0 Å². The highest BCUT2D eigenvalue weighted by Gasteiger charge is 2.23. The molecular formula is C15H31N3O. The second-order valence-corrected chi connectivity index (χ2v) is 6.49. The number of piperidine rings is 1. The van der Waals surface area contributed by atoms with Crippen molar-refractivity contribution in [2.45, 2.75) is 59.0 Å². The molecule has 0 bridgehead atoms. The number of carbonyl (C=O) groups is 1. The molecule has 19 heavy (non-hydrogen) atoms. The second kappa shape index (κ2) is 7.85. The Bertz CT molecular complexity index is 271. The van der Waals surface area contributed by atoms with Crippen molar-refractivity contribution in [2.24, 2.45) is 17.6 Å². The van der Waals surface area contributed by atoms with Crippen molar-refractivity contribution in [3.63, 3.8) is 0 Å². The van der Waals surface area contributed by atoms with Gasteiger partial charge in [0.05, 0.1) is 6.04 Å². The molecule has 1 heterocycles. The first-order chi connectivity index (χ1) is 8.90. The van der Waals surface area contributed by atoms with E-state index >= 15 is 0 Å². The average Bonchev–Trinajstić information content (AvgIpc) is 2.34. The Labute approximate surface area is 118 Å². The van der Waals surface area contributed by atoms with E-state index in [1.807, 2.05) is 13.8 Å². The summed E-state index contributed by atoms with van der Waals surface area (Å²) in [6.45, 7) is 12.0. The van der Waals surface area contributed by atoms with E-state index in [0.717, 1.165) is 37.9 Å². The standard InChI is InChI=1S/C15H31N3O/c1-11(2)13-5-8-18(9-6-13)10-7-14(15(16)19)17-12(3)4/h11-14,17H,5-10H2,1-4H3,(H2,16,19). The summed E-state index contributed by atoms with van der Waals surface area (Å²) in [6, 6.07) is 0.104. The largest absolute Gasteiger partial charge is 0.368 e. The van der Waals surface area contributed by atoms with Gasteiger partial charge in [-0.2, -0.15) is 0 Å². The smallest absolute Gasteiger partial charge is 0.234 e. The number of likely N-dealkylation sites (tertiary alicyclic amines) is 1. The highest BCUT2D eigenvalue weighted by molar-refractivity contribution is 5.79. The SMILES string of the molecule is CC(C)NC(CCN1CCC(C(C)C)CC1)C(N)=O. The minimum absolute atomic E-state index is 0.192. The lowest BCUT2D eigenvalue weighted by atomic mass is 9.86. The minimum Gasteiger partial charge on any atom is -0.368 e. The number of primary amides is 1. The van der Waals surface area contributed by atoms with Crippen molar-refractivity contribution in [2.75, 3.05) is 19.6 Å². The first-order valence-electron chi connectivity index (χ1n) is 7.67. The Kier molecular flexibility index (Phi) is 6.80. The first kappa shape index (κ1) is 16.4. The van der Waals surface area contributed by atoms with Crippen LogP contribution < -0.4 is 11.1 Å². The van der Waals surface area contributed by atoms with Gasteiger partial charge in [0.25, 0.3) is 0 Å². The van der Waals surface area contributed by atoms with Gasteiger partial charge < -0.3 is 16.0 Å². The molecule has 3 N–H and O–H groups in total. The summed E-state index contributed by atoms with van der Waals surface area (Å²) in [5, 5.41) is 3.24. The Morgan fingerprint density at radius 2 is 1.84 bits per heavy atom. The highest BCUT2D eigenvalue weighted by atomic mass is 16.1. The van der Waals surface area contributed by atoms with Crippen LogP contribution in [-0.2, 0) is 4.79 Å². The lowest BCUT2D eigenvalue weighted by molar-refractivity contribution is -0.120. The fourth-order valence-corrected chi connectivity index (χ4v) is 2.86. The number of nitrogens with one attached hydrogen (secondary N) is 1. The summed E-state index contributed by atoms with van der Waals surface area (Å²) in [7, 11) is 0. The third-order valence-corrected chi connectivity index (χ3v) is 4.19. The molecule has 1 aliphatic heterocycles. The van der Waals surface area contributed by atoms with Gasteiger partial charge in [-0.15, -0.1) is 0 Å². The zero-order chi connectivity index (χ0) is 14.4. The maximum atomic E-state index is 11.4. The van der Waals surface area contributed by atoms with Gasteiger partial charge >= 0.3 is 0 Å². The van der Waals surface area contributed by atoms with Crippen molar-refractivity contribution in [1.82, 2.24) is 10.2 Å². The molecule has 0 saturated carbocycles. The summed E-state index contributed by atoms with van der Waals surface area (Å²) in [6.07, 6.45) is 3.40. The Hall–Kier alpha value is -0.610. The summed E-state index contributed by atoms with van der Waals surface area (Å²) in [4.78, 5) is 13.9. The van der Waals surface area contributed by atoms with Gasteiger partial charge in [-0.25, -0.2) is 0 Å². The van der Waals surface area contributed by atoms with Crippen molar-refractivity contribution >= 4 is 5.91 Å². The molecule has 1 fully saturated rings. The van der Waals surface area contributed by atoms with Crippen LogP contribution in [-0.4, -0.2) is 42.5 Å². The zero-order valence-corrected chi connectivity index (χ0v) is 13.0. The third kappa shape index (κ3) is 5.91. The number of hydrogen-bond acceptors (Lipinski definition) is 3. The van der Waals surface area contributed by atoms with E-state index in [1.165, 1.54) is 12.8 Å². The molecule has 1 atom stereocenters. The molecule has 1 aliphatic rings. The van der Waals surface area contributed by atoms with E-state index in [1.54, 1.807) is 0 Å². The molecule has 0 aliphatic carbocycles. The minimum atomic E-state index is -0.231. The van der Waals surface area contributed by atoms with E-state index in [0.29, 0.717) is 6.04 Å². The van der Waals surface area contributed by atoms with Crippen molar-refractivity contribution in [1.29, 1.82) is 0 Å². The van der Waals surface area contributed by atoms with Crippen molar-refractivity contribution in [3.05, 3.63) is 0 Å². The summed E-state index contributed by atoms with van der Waals surface area (Å²) in [5.74, 6) is 1.44. The molecule has 1 rings (SSSR count). The quantitative estimate of drug-likeness (QED) is 0.738. The van der Waals surface area contributed by atoms with Gasteiger partial charge in [-0.1, -0.05) is 27.7 Å². The van der Waals surface area contributed by atoms with Crippen LogP contribution in [0.3, 0.4) is 0 Å². The molecule has 1 amide bonds. The number of amides is 1. The van der Waals surface area contributed by atoms with Crippen LogP contribution in [0.15, 0.2) is 0 Å². The molecule has 0 aromatic rings. The fourth-order valence-electron chi connectivity index (χ4n) is 2.86. The molecule has 0 spiro atoms. The van der Waals surface area contributed by atoms with E-state index in [4.69, 9.17) is 5.73 Å². The predicted molar refractivity (Wildman–Crippen MR) is 79.9 cm³/mol. The second-order valence-electron chi connectivity index (χ2n) is 6.49. The molecule has 112 valence electrons. The number of nitrogens with two attached hydrogens (primary N) is 1. The maximum Gasteiger partial charge on any atom is 0.234 e. The van der Waals surface area contributed by atoms with Gasteiger partial charge in [-0.3, -0.25) is 4.79 Å². The maximum absolute atomic E-state index is 11.4. The number of nitrogens with zero attached hydrogens (tertiary/aromatic N) is 1. The van der Waals surface area contributed by atoms with Crippen LogP contribution in [0.1, 0.15) is 47.0 Å². The fraction of sp³-hybridized carbons (Fsp3) is 0.933. The van der Waals surface area contributed by atoms with Crippen LogP contribution in [0.5, 0.6) is 0 Å². The lowest BCUT2D eigenvalue weighted by Crippen LogP contribution is -2.47. The molecule has 4 nitrogen and oxygen atoms in total. The van der Waals surface area contributed by atoms with Gasteiger partial charge in [0.2, 0.25) is 5.91 Å². The molecule has 4 heteroatoms. The van der Waals surface area contributed by atoms with E-state index < -0.39 is 0 Å². The van der Waals surface area contributed by atoms with Crippen molar-refractivity contribution in [3.8, 4) is 0 Å². The zero-order valence-electron chi connectivity index (χ0n) is 13.0. The van der Waals surface area contributed by atoms with Crippen LogP contribution in [0.2, 0.25) is 0 Å². The highest BCUT2D eigenvalue weighted by Crippen LogP contribution is 2.24. The monoisotopic (exact) mass is 269 g/mol. The first-order valence-corrected chi connectivity index (χ1v) is 7.67. The topological polar surface area (TPSA) is 58.4 Å². The molecule has 1 saturated heterocycles. The Balaban J connectivity index is 2.30. The Morgan fingerprint density at radius 1 is 1.26 bits per heavy atom. The van der Waals surface area contributed by atoms with E-state index in [9.17, 15) is 4.79 Å². The van der Waals surface area contributed by atoms with Gasteiger partial charge in [0.15, 0.2) is 0 Å². The van der Waals surface area contributed by atoms with Crippen molar-refractivity contribution < 1.29 is 4.79 Å². The van der Waals surface area contributed by atoms with E-state index in [-0.39, 0.29) is 11.9 Å². The third-order valence-electron chi connectivity index (χ3n) is 4.19. The van der Waals surface area contributed by atoms with Crippen LogP contribution in [0, 0.1) is 11.8 Å². The van der Waals surface area contributed by atoms with Crippen LogP contribution in [0.25, 0.3) is 0 Å². The number of carbonyl (C=O) groups excluding carboxylic acids is 1. The molecular weight excluding hydrogens is 238 g/mol. The van der Waals surface area contributed by atoms with Gasteiger partial charge in [0, 0.05) is 12.6 Å². The number of hydrogen-bond donors (Lipinski definition) is 2. The molecule has 1 unspecified atom stereocenters. The predicted octanol–water partition coefficient (Wildman–Crippen LogP) is 1.60. The van der Waals surface area contributed by atoms with Gasteiger partial charge in [-0.05, 0) is 44.2 Å². The summed E-state index contributed by atoms with van der Waals surface area (Å²) < 4.78 is 0. The Morgan fingerprint density at radius 3 is 2.26 bits per heavy atom. The normalized spacial score (nSPS) is 20.1. The number of rotatable bonds is 7. The molecule has 0 aromatic carbocycles. The van der Waals surface area contributed by atoms with Crippen LogP contribution >= 0.6 is 0 Å². The summed E-state index contributed by atoms with van der Waals surface area (Å²) in [5.41, 5.74) is 5.44. The molecule has 0 aromatic heterocycles. The summed E-state index contributed by atoms with van der Waals surface area (Å²) >= 11 is 0.